The Hall–Kier alpha value is -4.82. The molecule has 1 fully saturated rings. The van der Waals surface area contributed by atoms with Gasteiger partial charge in [-0.3, -0.25) is 9.59 Å². The Balaban J connectivity index is 0.926. The number of carbonyl (C=O) groups is 2. The smallest absolute Gasteiger partial charge is 0.253 e. The van der Waals surface area contributed by atoms with E-state index >= 15 is 0 Å². The van der Waals surface area contributed by atoms with Crippen molar-refractivity contribution < 1.29 is 9.59 Å². The van der Waals surface area contributed by atoms with E-state index in [1.54, 1.807) is 9.03 Å². The first-order valence-corrected chi connectivity index (χ1v) is 20.4. The molecule has 0 spiro atoms. The third kappa shape index (κ3) is 8.44. The summed E-state index contributed by atoms with van der Waals surface area (Å²) in [6, 6.07) is 17.0. The van der Waals surface area contributed by atoms with Crippen molar-refractivity contribution in [2.45, 2.75) is 90.0 Å². The molecule has 1 atom stereocenters. The highest BCUT2D eigenvalue weighted by Gasteiger charge is 2.28. The summed E-state index contributed by atoms with van der Waals surface area (Å²) in [4.78, 5) is 47.1. The number of benzene rings is 2. The number of hydrogen-bond donors (Lipinski definition) is 1. The van der Waals surface area contributed by atoms with Crippen LogP contribution < -0.4 is 5.32 Å². The Labute approximate surface area is 324 Å². The lowest BCUT2D eigenvalue weighted by molar-refractivity contribution is -0.132. The number of nitrogens with one attached hydrogen (secondary N) is 1. The molecule has 54 heavy (non-hydrogen) atoms. The summed E-state index contributed by atoms with van der Waals surface area (Å²) in [5, 5.41) is 13.5. The third-order valence-electron chi connectivity index (χ3n) is 10.2. The first-order valence-electron chi connectivity index (χ1n) is 18.4. The number of thioether (sulfide) groups is 2. The van der Waals surface area contributed by atoms with Gasteiger partial charge in [-0.25, -0.2) is 19.0 Å². The largest absolute Gasteiger partial charge is 0.353 e. The Morgan fingerprint density at radius 2 is 1.19 bits per heavy atom. The van der Waals surface area contributed by atoms with Gasteiger partial charge in [0.25, 0.3) is 11.6 Å². The first-order chi connectivity index (χ1) is 26.0. The lowest BCUT2D eigenvalue weighted by atomic mass is 10.0. The van der Waals surface area contributed by atoms with E-state index < -0.39 is 0 Å². The van der Waals surface area contributed by atoms with Gasteiger partial charge in [0.2, 0.25) is 22.1 Å². The predicted octanol–water partition coefficient (Wildman–Crippen LogP) is 5.98. The summed E-state index contributed by atoms with van der Waals surface area (Å²) in [6.45, 7) is 13.3. The molecule has 7 rings (SSSR count). The van der Waals surface area contributed by atoms with E-state index in [1.165, 1.54) is 45.8 Å². The number of amides is 2. The van der Waals surface area contributed by atoms with Crippen molar-refractivity contribution in [3.05, 3.63) is 105 Å². The van der Waals surface area contributed by atoms with Gasteiger partial charge in [-0.1, -0.05) is 83.2 Å². The zero-order valence-corrected chi connectivity index (χ0v) is 33.4. The van der Waals surface area contributed by atoms with Crippen molar-refractivity contribution in [3.63, 3.8) is 0 Å². The van der Waals surface area contributed by atoms with Crippen LogP contribution in [0.4, 0.5) is 0 Å². The minimum absolute atomic E-state index is 0.0157. The van der Waals surface area contributed by atoms with Gasteiger partial charge in [0.1, 0.15) is 0 Å². The number of rotatable bonds is 12. The lowest BCUT2D eigenvalue weighted by Gasteiger charge is -2.35. The average Bonchev–Trinajstić information content (AvgIpc) is 3.78. The molecule has 1 N–H and O–H groups in total. The molecule has 280 valence electrons. The van der Waals surface area contributed by atoms with E-state index in [0.29, 0.717) is 35.0 Å². The van der Waals surface area contributed by atoms with Crippen molar-refractivity contribution in [3.8, 4) is 0 Å². The number of aryl methyl sites for hydroxylation is 6. The Morgan fingerprint density at radius 3 is 1.70 bits per heavy atom. The van der Waals surface area contributed by atoms with Crippen molar-refractivity contribution in [2.75, 3.05) is 24.6 Å². The number of hydrogen-bond acceptors (Lipinski definition) is 10. The number of carbonyl (C=O) groups excluding carboxylic acids is 2. The van der Waals surface area contributed by atoms with Crippen LogP contribution >= 0.6 is 23.5 Å². The average molecular weight is 763 g/mol. The molecular weight excluding hydrogens is 717 g/mol. The molecule has 1 aliphatic heterocycles. The van der Waals surface area contributed by atoms with E-state index in [2.05, 4.69) is 82.8 Å². The van der Waals surface area contributed by atoms with Gasteiger partial charge in [0.15, 0.2) is 0 Å². The first kappa shape index (κ1) is 37.5. The van der Waals surface area contributed by atoms with Crippen LogP contribution in [0.2, 0.25) is 0 Å². The van der Waals surface area contributed by atoms with Crippen LogP contribution in [0.1, 0.15) is 75.4 Å². The normalized spacial score (nSPS) is 14.6. The number of fused-ring (bicyclic) bond motifs is 2. The molecule has 0 radical (unpaired) electrons. The van der Waals surface area contributed by atoms with Crippen molar-refractivity contribution in [2.24, 2.45) is 0 Å². The highest BCUT2D eigenvalue weighted by atomic mass is 32.2. The van der Waals surface area contributed by atoms with Gasteiger partial charge in [0.05, 0.1) is 11.5 Å². The fraction of sp³-hybridized carbons (Fsp3) is 0.400. The molecule has 4 aromatic heterocycles. The lowest BCUT2D eigenvalue weighted by Crippen LogP contribution is -2.50. The molecule has 2 amide bonds. The molecule has 1 aliphatic rings. The summed E-state index contributed by atoms with van der Waals surface area (Å²) in [6.07, 6.45) is 4.31. The molecular formula is C40H46N10O2S2. The SMILES string of the molecule is Cc1ccc(Cc2c(C)nc3nc(SCC(=O)NCC4CCCCN4C(=O)CSc4nc5nc(C)c(Cc6ccc(C)cc6)c(C)n5n4)nn3c2C)cc1. The van der Waals surface area contributed by atoms with Crippen LogP contribution in [-0.4, -0.2) is 86.5 Å². The van der Waals surface area contributed by atoms with E-state index in [1.807, 2.05) is 32.6 Å². The Kier molecular flexibility index (Phi) is 11.3. The van der Waals surface area contributed by atoms with Crippen molar-refractivity contribution in [1.29, 1.82) is 0 Å². The van der Waals surface area contributed by atoms with Crippen LogP contribution in [0, 0.1) is 41.5 Å². The molecule has 2 aromatic carbocycles. The number of nitrogens with zero attached hydrogens (tertiary/aromatic N) is 9. The highest BCUT2D eigenvalue weighted by molar-refractivity contribution is 8.00. The summed E-state index contributed by atoms with van der Waals surface area (Å²) in [5.74, 6) is 1.33. The van der Waals surface area contributed by atoms with E-state index in [4.69, 9.17) is 15.1 Å². The molecule has 5 heterocycles. The van der Waals surface area contributed by atoms with Crippen LogP contribution in [0.3, 0.4) is 0 Å². The van der Waals surface area contributed by atoms with Gasteiger partial charge >= 0.3 is 0 Å². The molecule has 0 bridgehead atoms. The fourth-order valence-electron chi connectivity index (χ4n) is 7.00. The molecule has 1 saturated heterocycles. The Bertz CT molecular complexity index is 2320. The van der Waals surface area contributed by atoms with E-state index in [9.17, 15) is 9.59 Å². The van der Waals surface area contributed by atoms with Gasteiger partial charge in [-0.05, 0) is 83.1 Å². The monoisotopic (exact) mass is 762 g/mol. The minimum atomic E-state index is -0.124. The molecule has 0 aliphatic carbocycles. The second kappa shape index (κ2) is 16.3. The van der Waals surface area contributed by atoms with Crippen LogP contribution in [0.25, 0.3) is 11.6 Å². The number of piperidine rings is 1. The predicted molar refractivity (Wildman–Crippen MR) is 212 cm³/mol. The summed E-state index contributed by atoms with van der Waals surface area (Å²) < 4.78 is 3.55. The quantitative estimate of drug-likeness (QED) is 0.149. The maximum atomic E-state index is 13.5. The van der Waals surface area contributed by atoms with Gasteiger partial charge in [-0.2, -0.15) is 9.97 Å². The molecule has 0 saturated carbocycles. The van der Waals surface area contributed by atoms with Crippen LogP contribution in [-0.2, 0) is 22.4 Å². The second-order valence-corrected chi connectivity index (χ2v) is 16.1. The van der Waals surface area contributed by atoms with Crippen molar-refractivity contribution >= 4 is 46.9 Å². The van der Waals surface area contributed by atoms with Crippen LogP contribution in [0.5, 0.6) is 0 Å². The van der Waals surface area contributed by atoms with Crippen LogP contribution in [0.15, 0.2) is 58.8 Å². The second-order valence-electron chi connectivity index (χ2n) is 14.2. The topological polar surface area (TPSA) is 136 Å². The summed E-state index contributed by atoms with van der Waals surface area (Å²) in [5.41, 5.74) is 11.0. The zero-order valence-electron chi connectivity index (χ0n) is 31.7. The third-order valence-corrected chi connectivity index (χ3v) is 11.9. The van der Waals surface area contributed by atoms with Crippen molar-refractivity contribution in [1.82, 2.24) is 49.4 Å². The maximum Gasteiger partial charge on any atom is 0.253 e. The fourth-order valence-corrected chi connectivity index (χ4v) is 8.35. The highest BCUT2D eigenvalue weighted by Crippen LogP contribution is 2.24. The molecule has 14 heteroatoms. The van der Waals surface area contributed by atoms with E-state index in [-0.39, 0.29) is 29.4 Å². The molecule has 6 aromatic rings. The number of aromatic nitrogens is 8. The zero-order chi connectivity index (χ0) is 37.9. The molecule has 12 nitrogen and oxygen atoms in total. The van der Waals surface area contributed by atoms with Gasteiger partial charge < -0.3 is 10.2 Å². The summed E-state index contributed by atoms with van der Waals surface area (Å²) >= 11 is 2.61. The summed E-state index contributed by atoms with van der Waals surface area (Å²) in [7, 11) is 0. The molecule has 1 unspecified atom stereocenters. The van der Waals surface area contributed by atoms with Gasteiger partial charge in [-0.15, -0.1) is 10.2 Å². The Morgan fingerprint density at radius 1 is 0.685 bits per heavy atom. The maximum absolute atomic E-state index is 13.5. The van der Waals surface area contributed by atoms with E-state index in [0.717, 1.165) is 66.0 Å². The minimum Gasteiger partial charge on any atom is -0.353 e. The van der Waals surface area contributed by atoms with Gasteiger partial charge in [0, 0.05) is 54.7 Å². The standard InChI is InChI=1S/C40H46N10O2S2/c1-24-10-14-30(15-11-24)19-33-26(3)42-37-44-39(46-49(37)28(33)5)53-22-35(51)41-21-32-9-7-8-18-48(32)36(52)23-54-40-45-38-43-27(4)34(29(6)50(38)47-40)20-31-16-12-25(2)13-17-31/h10-17,32H,7-9,18-23H2,1-6H3,(H,41,51). The number of likely N-dealkylation sites (tertiary alicyclic amines) is 1.